The van der Waals surface area contributed by atoms with Crippen molar-refractivity contribution in [1.82, 2.24) is 14.7 Å². The van der Waals surface area contributed by atoms with Crippen LogP contribution in [0.4, 0.5) is 0 Å². The average Bonchev–Trinajstić information content (AvgIpc) is 3.20. The molecule has 4 rings (SSSR count). The minimum absolute atomic E-state index is 0.0393. The van der Waals surface area contributed by atoms with Crippen LogP contribution in [-0.4, -0.2) is 40.8 Å². The summed E-state index contributed by atoms with van der Waals surface area (Å²) in [7, 11) is 1.65. The van der Waals surface area contributed by atoms with Crippen LogP contribution in [-0.2, 0) is 0 Å². The maximum absolute atomic E-state index is 13.3. The van der Waals surface area contributed by atoms with E-state index in [-0.39, 0.29) is 5.91 Å². The van der Waals surface area contributed by atoms with E-state index >= 15 is 0 Å². The first-order valence-electron chi connectivity index (χ1n) is 9.75. The Balaban J connectivity index is 1.75. The first-order chi connectivity index (χ1) is 13.7. The number of ether oxygens (including phenoxy) is 1. The standard InChI is InChI=1S/C23H25N3O2/c1-17-11-13-25(14-12-17)23(27)22-16-21(18-7-6-10-20(15-18)28-2)24-26(22)19-8-4-3-5-9-19/h3-10,15-17H,11-14H2,1-2H3. The predicted molar refractivity (Wildman–Crippen MR) is 110 cm³/mol. The van der Waals surface area contributed by atoms with E-state index in [4.69, 9.17) is 9.84 Å². The number of amides is 1. The van der Waals surface area contributed by atoms with Crippen molar-refractivity contribution < 1.29 is 9.53 Å². The molecule has 1 aliphatic rings. The van der Waals surface area contributed by atoms with Gasteiger partial charge in [-0.25, -0.2) is 4.68 Å². The lowest BCUT2D eigenvalue weighted by Crippen LogP contribution is -2.38. The van der Waals surface area contributed by atoms with E-state index in [0.717, 1.165) is 48.6 Å². The van der Waals surface area contributed by atoms with Crippen LogP contribution >= 0.6 is 0 Å². The highest BCUT2D eigenvalue weighted by Gasteiger charge is 2.25. The fraction of sp³-hybridized carbons (Fsp3) is 0.304. The third-order valence-electron chi connectivity index (χ3n) is 5.37. The summed E-state index contributed by atoms with van der Waals surface area (Å²) in [5.74, 6) is 1.48. The van der Waals surface area contributed by atoms with Crippen molar-refractivity contribution in [3.05, 3.63) is 66.4 Å². The number of carbonyl (C=O) groups excluding carboxylic acids is 1. The van der Waals surface area contributed by atoms with Gasteiger partial charge in [0.2, 0.25) is 0 Å². The van der Waals surface area contributed by atoms with Crippen LogP contribution in [0.3, 0.4) is 0 Å². The predicted octanol–water partition coefficient (Wildman–Crippen LogP) is 4.42. The molecule has 0 unspecified atom stereocenters. The lowest BCUT2D eigenvalue weighted by Gasteiger charge is -2.30. The summed E-state index contributed by atoms with van der Waals surface area (Å²) >= 11 is 0. The van der Waals surface area contributed by atoms with Crippen LogP contribution in [0.15, 0.2) is 60.7 Å². The number of hydrogen-bond donors (Lipinski definition) is 0. The molecule has 1 aromatic heterocycles. The second kappa shape index (κ2) is 7.89. The zero-order valence-corrected chi connectivity index (χ0v) is 16.3. The number of hydrogen-bond acceptors (Lipinski definition) is 3. The van der Waals surface area contributed by atoms with Gasteiger partial charge in [-0.2, -0.15) is 5.10 Å². The highest BCUT2D eigenvalue weighted by molar-refractivity contribution is 5.94. The van der Waals surface area contributed by atoms with Crippen molar-refractivity contribution in [3.8, 4) is 22.7 Å². The summed E-state index contributed by atoms with van der Waals surface area (Å²) in [5, 5.41) is 4.77. The van der Waals surface area contributed by atoms with E-state index in [1.807, 2.05) is 65.6 Å². The maximum atomic E-state index is 13.3. The number of likely N-dealkylation sites (tertiary alicyclic amines) is 1. The van der Waals surface area contributed by atoms with Crippen LogP contribution in [0.2, 0.25) is 0 Å². The van der Waals surface area contributed by atoms with Gasteiger partial charge < -0.3 is 9.64 Å². The summed E-state index contributed by atoms with van der Waals surface area (Å²) in [4.78, 5) is 15.3. The quantitative estimate of drug-likeness (QED) is 0.678. The van der Waals surface area contributed by atoms with Gasteiger partial charge in [-0.3, -0.25) is 4.79 Å². The zero-order valence-electron chi connectivity index (χ0n) is 16.3. The molecule has 0 aliphatic carbocycles. The molecule has 1 saturated heterocycles. The Bertz CT molecular complexity index is 957. The van der Waals surface area contributed by atoms with Gasteiger partial charge in [0.25, 0.3) is 5.91 Å². The average molecular weight is 375 g/mol. The van der Waals surface area contributed by atoms with Crippen molar-refractivity contribution >= 4 is 5.91 Å². The fourth-order valence-corrected chi connectivity index (χ4v) is 3.60. The van der Waals surface area contributed by atoms with Crippen LogP contribution in [0.5, 0.6) is 5.75 Å². The molecule has 0 bridgehead atoms. The van der Waals surface area contributed by atoms with Crippen LogP contribution in [0.1, 0.15) is 30.3 Å². The van der Waals surface area contributed by atoms with Gasteiger partial charge in [0.15, 0.2) is 0 Å². The van der Waals surface area contributed by atoms with Crippen LogP contribution in [0.25, 0.3) is 16.9 Å². The second-order valence-electron chi connectivity index (χ2n) is 7.37. The molecule has 0 N–H and O–H groups in total. The summed E-state index contributed by atoms with van der Waals surface area (Å²) in [6.07, 6.45) is 2.10. The third-order valence-corrected chi connectivity index (χ3v) is 5.37. The van der Waals surface area contributed by atoms with Gasteiger partial charge in [0.1, 0.15) is 11.4 Å². The SMILES string of the molecule is COc1cccc(-c2cc(C(=O)N3CCC(C)CC3)n(-c3ccccc3)n2)c1. The van der Waals surface area contributed by atoms with Gasteiger partial charge >= 0.3 is 0 Å². The minimum Gasteiger partial charge on any atom is -0.497 e. The van der Waals surface area contributed by atoms with Gasteiger partial charge in [-0.15, -0.1) is 0 Å². The topological polar surface area (TPSA) is 47.4 Å². The minimum atomic E-state index is 0.0393. The van der Waals surface area contributed by atoms with E-state index in [9.17, 15) is 4.79 Å². The van der Waals surface area contributed by atoms with Gasteiger partial charge in [-0.05, 0) is 49.1 Å². The van der Waals surface area contributed by atoms with Crippen molar-refractivity contribution in [3.63, 3.8) is 0 Å². The second-order valence-corrected chi connectivity index (χ2v) is 7.37. The third kappa shape index (κ3) is 3.65. The Kier molecular flexibility index (Phi) is 5.15. The molecule has 144 valence electrons. The Morgan fingerprint density at radius 2 is 1.79 bits per heavy atom. The molecule has 2 heterocycles. The molecule has 1 fully saturated rings. The van der Waals surface area contributed by atoms with E-state index in [0.29, 0.717) is 11.6 Å². The molecule has 1 aliphatic heterocycles. The summed E-state index contributed by atoms with van der Waals surface area (Å²) in [6, 6.07) is 19.5. The summed E-state index contributed by atoms with van der Waals surface area (Å²) in [5.41, 5.74) is 3.16. The number of methoxy groups -OCH3 is 1. The van der Waals surface area contributed by atoms with E-state index in [2.05, 4.69) is 6.92 Å². The molecular weight excluding hydrogens is 350 g/mol. The summed E-state index contributed by atoms with van der Waals surface area (Å²) in [6.45, 7) is 3.85. The maximum Gasteiger partial charge on any atom is 0.272 e. The summed E-state index contributed by atoms with van der Waals surface area (Å²) < 4.78 is 7.10. The van der Waals surface area contributed by atoms with Gasteiger partial charge in [0.05, 0.1) is 18.5 Å². The molecule has 3 aromatic rings. The molecule has 1 amide bonds. The van der Waals surface area contributed by atoms with Crippen LogP contribution in [0, 0.1) is 5.92 Å². The fourth-order valence-electron chi connectivity index (χ4n) is 3.60. The Labute approximate surface area is 165 Å². The highest BCUT2D eigenvalue weighted by Crippen LogP contribution is 2.27. The van der Waals surface area contributed by atoms with E-state index < -0.39 is 0 Å². The van der Waals surface area contributed by atoms with Crippen molar-refractivity contribution in [2.45, 2.75) is 19.8 Å². The molecule has 5 nitrogen and oxygen atoms in total. The Morgan fingerprint density at radius 3 is 2.50 bits per heavy atom. The smallest absolute Gasteiger partial charge is 0.272 e. The molecule has 0 radical (unpaired) electrons. The lowest BCUT2D eigenvalue weighted by atomic mass is 9.99. The largest absolute Gasteiger partial charge is 0.497 e. The van der Waals surface area contributed by atoms with Crippen molar-refractivity contribution in [2.75, 3.05) is 20.2 Å². The monoisotopic (exact) mass is 375 g/mol. The van der Waals surface area contributed by atoms with Crippen molar-refractivity contribution in [2.24, 2.45) is 5.92 Å². The molecule has 2 aromatic carbocycles. The Hall–Kier alpha value is -3.08. The molecule has 5 heteroatoms. The van der Waals surface area contributed by atoms with Gasteiger partial charge in [-0.1, -0.05) is 37.3 Å². The molecule has 0 saturated carbocycles. The Morgan fingerprint density at radius 1 is 1.04 bits per heavy atom. The highest BCUT2D eigenvalue weighted by atomic mass is 16.5. The number of benzene rings is 2. The number of carbonyl (C=O) groups is 1. The number of nitrogens with zero attached hydrogens (tertiary/aromatic N) is 3. The first kappa shape index (κ1) is 18.3. The molecule has 28 heavy (non-hydrogen) atoms. The number of piperidine rings is 1. The molecular formula is C23H25N3O2. The lowest BCUT2D eigenvalue weighted by molar-refractivity contribution is 0.0688. The number of rotatable bonds is 4. The van der Waals surface area contributed by atoms with E-state index in [1.54, 1.807) is 11.8 Å². The number of aromatic nitrogens is 2. The first-order valence-corrected chi connectivity index (χ1v) is 9.75. The van der Waals surface area contributed by atoms with Crippen molar-refractivity contribution in [1.29, 1.82) is 0 Å². The molecule has 0 atom stereocenters. The van der Waals surface area contributed by atoms with Gasteiger partial charge in [0, 0.05) is 18.7 Å². The van der Waals surface area contributed by atoms with E-state index in [1.165, 1.54) is 0 Å². The number of para-hydroxylation sites is 1. The van der Waals surface area contributed by atoms with Crippen LogP contribution < -0.4 is 4.74 Å². The molecule has 0 spiro atoms. The normalized spacial score (nSPS) is 14.9. The zero-order chi connectivity index (χ0) is 19.5.